The first-order valence-corrected chi connectivity index (χ1v) is 6.94. The van der Waals surface area contributed by atoms with E-state index in [-0.39, 0.29) is 5.91 Å². The van der Waals surface area contributed by atoms with Gasteiger partial charge in [-0.25, -0.2) is 8.42 Å². The Morgan fingerprint density at radius 1 is 1.53 bits per heavy atom. The second kappa shape index (κ2) is 5.14. The maximum atomic E-state index is 11.6. The number of hydrogen-bond acceptors (Lipinski definition) is 3. The monoisotopic (exact) mass is 254 g/mol. The molecule has 1 N–H and O–H groups in total. The summed E-state index contributed by atoms with van der Waals surface area (Å²) in [5, 5.41) is 2.00. The van der Waals surface area contributed by atoms with Crippen molar-refractivity contribution in [3.8, 4) is 0 Å². The molecule has 1 aliphatic rings. The maximum absolute atomic E-state index is 11.6. The summed E-state index contributed by atoms with van der Waals surface area (Å²) in [7, 11) is -1.99. The predicted molar refractivity (Wildman–Crippen MR) is 58.1 cm³/mol. The molecule has 1 rings (SSSR count). The Hall–Kier alpha value is -0.330. The number of rotatable bonds is 3. The van der Waals surface area contributed by atoms with Crippen molar-refractivity contribution in [3.63, 3.8) is 0 Å². The van der Waals surface area contributed by atoms with Crippen LogP contribution < -0.4 is 5.32 Å². The first kappa shape index (κ1) is 12.7. The van der Waals surface area contributed by atoms with Gasteiger partial charge < -0.3 is 5.32 Å². The van der Waals surface area contributed by atoms with Gasteiger partial charge in [0, 0.05) is 13.6 Å². The van der Waals surface area contributed by atoms with Crippen LogP contribution in [0.25, 0.3) is 0 Å². The minimum Gasteiger partial charge on any atom is -0.358 e. The Bertz CT molecular complexity index is 331. The maximum Gasteiger partial charge on any atom is 0.238 e. The highest BCUT2D eigenvalue weighted by molar-refractivity contribution is 7.90. The van der Waals surface area contributed by atoms with E-state index in [9.17, 15) is 13.2 Å². The standard InChI is InChI=1S/C8H15ClN2O3S/c1-10-8(12)7-4-2-3-5-11(7)15(13,14)6-9/h7H,2-6H2,1H3,(H,10,12). The number of sulfonamides is 1. The molecule has 1 aliphatic heterocycles. The largest absolute Gasteiger partial charge is 0.358 e. The SMILES string of the molecule is CNC(=O)C1CCCCN1S(=O)(=O)CCl. The number of amides is 1. The van der Waals surface area contributed by atoms with E-state index in [0.717, 1.165) is 12.8 Å². The molecule has 1 atom stereocenters. The fourth-order valence-corrected chi connectivity index (χ4v) is 3.23. The van der Waals surface area contributed by atoms with Crippen LogP contribution in [0.3, 0.4) is 0 Å². The molecule has 1 heterocycles. The van der Waals surface area contributed by atoms with Crippen LogP contribution in [-0.4, -0.2) is 43.5 Å². The number of carbonyl (C=O) groups is 1. The minimum atomic E-state index is -3.49. The van der Waals surface area contributed by atoms with E-state index in [1.54, 1.807) is 0 Å². The van der Waals surface area contributed by atoms with Crippen LogP contribution in [0, 0.1) is 0 Å². The highest BCUT2D eigenvalue weighted by Crippen LogP contribution is 2.21. The molecule has 15 heavy (non-hydrogen) atoms. The number of piperidine rings is 1. The molecule has 1 fully saturated rings. The summed E-state index contributed by atoms with van der Waals surface area (Å²) in [5.41, 5.74) is 0. The number of nitrogens with zero attached hydrogens (tertiary/aromatic N) is 1. The lowest BCUT2D eigenvalue weighted by Gasteiger charge is -2.32. The number of carbonyl (C=O) groups excluding carboxylic acids is 1. The lowest BCUT2D eigenvalue weighted by molar-refractivity contribution is -0.125. The lowest BCUT2D eigenvalue weighted by Crippen LogP contribution is -2.51. The fraction of sp³-hybridized carbons (Fsp3) is 0.875. The molecule has 0 bridgehead atoms. The average molecular weight is 255 g/mol. The highest BCUT2D eigenvalue weighted by Gasteiger charge is 2.35. The first-order chi connectivity index (χ1) is 7.03. The van der Waals surface area contributed by atoms with Crippen molar-refractivity contribution in [2.24, 2.45) is 0 Å². The summed E-state index contributed by atoms with van der Waals surface area (Å²) < 4.78 is 24.4. The van der Waals surface area contributed by atoms with Crippen molar-refractivity contribution in [2.75, 3.05) is 18.8 Å². The van der Waals surface area contributed by atoms with Crippen LogP contribution in [0.2, 0.25) is 0 Å². The van der Waals surface area contributed by atoms with Gasteiger partial charge in [-0.2, -0.15) is 4.31 Å². The molecule has 0 aromatic rings. The van der Waals surface area contributed by atoms with E-state index >= 15 is 0 Å². The van der Waals surface area contributed by atoms with Crippen LogP contribution in [0.5, 0.6) is 0 Å². The number of likely N-dealkylation sites (N-methyl/N-ethyl adjacent to an activating group) is 1. The summed E-state index contributed by atoms with van der Waals surface area (Å²) in [4.78, 5) is 11.5. The summed E-state index contributed by atoms with van der Waals surface area (Å²) in [6.07, 6.45) is 2.21. The number of halogens is 1. The molecule has 1 unspecified atom stereocenters. The molecule has 0 saturated carbocycles. The van der Waals surface area contributed by atoms with Gasteiger partial charge in [0.25, 0.3) is 0 Å². The lowest BCUT2D eigenvalue weighted by atomic mass is 10.0. The van der Waals surface area contributed by atoms with E-state index in [4.69, 9.17) is 11.6 Å². The van der Waals surface area contributed by atoms with E-state index in [2.05, 4.69) is 5.32 Å². The topological polar surface area (TPSA) is 66.5 Å². The predicted octanol–water partition coefficient (Wildman–Crippen LogP) is 0.113. The zero-order valence-corrected chi connectivity index (χ0v) is 10.1. The highest BCUT2D eigenvalue weighted by atomic mass is 35.5. The van der Waals surface area contributed by atoms with Crippen molar-refractivity contribution >= 4 is 27.5 Å². The van der Waals surface area contributed by atoms with Gasteiger partial charge in [-0.15, -0.1) is 11.6 Å². The zero-order chi connectivity index (χ0) is 11.5. The first-order valence-electron chi connectivity index (χ1n) is 4.80. The molecule has 7 heteroatoms. The van der Waals surface area contributed by atoms with Gasteiger partial charge in [-0.05, 0) is 12.8 Å². The molecule has 0 spiro atoms. The Morgan fingerprint density at radius 3 is 2.73 bits per heavy atom. The second-order valence-corrected chi connectivity index (χ2v) is 5.96. The Balaban J connectivity index is 2.88. The summed E-state index contributed by atoms with van der Waals surface area (Å²) in [6, 6.07) is -0.590. The summed E-state index contributed by atoms with van der Waals surface area (Å²) in [6.45, 7) is 0.382. The van der Waals surface area contributed by atoms with Gasteiger partial charge in [0.15, 0.2) is 0 Å². The second-order valence-electron chi connectivity index (χ2n) is 3.46. The van der Waals surface area contributed by atoms with Gasteiger partial charge in [0.2, 0.25) is 15.9 Å². The molecule has 1 saturated heterocycles. The van der Waals surface area contributed by atoms with E-state index < -0.39 is 21.3 Å². The van der Waals surface area contributed by atoms with Crippen molar-refractivity contribution in [1.29, 1.82) is 0 Å². The molecule has 1 amide bonds. The molecule has 88 valence electrons. The molecule has 5 nitrogen and oxygen atoms in total. The molecular weight excluding hydrogens is 240 g/mol. The Kier molecular flexibility index (Phi) is 4.36. The van der Waals surface area contributed by atoms with Crippen molar-refractivity contribution < 1.29 is 13.2 Å². The van der Waals surface area contributed by atoms with Crippen LogP contribution in [0.15, 0.2) is 0 Å². The Morgan fingerprint density at radius 2 is 2.20 bits per heavy atom. The number of hydrogen-bond donors (Lipinski definition) is 1. The van der Waals surface area contributed by atoms with E-state index in [1.165, 1.54) is 11.4 Å². The molecule has 0 aliphatic carbocycles. The third-order valence-electron chi connectivity index (χ3n) is 2.50. The molecule has 0 aromatic carbocycles. The van der Waals surface area contributed by atoms with Crippen molar-refractivity contribution in [1.82, 2.24) is 9.62 Å². The van der Waals surface area contributed by atoms with Crippen molar-refractivity contribution in [3.05, 3.63) is 0 Å². The van der Waals surface area contributed by atoms with Gasteiger partial charge in [-0.3, -0.25) is 4.79 Å². The smallest absolute Gasteiger partial charge is 0.238 e. The fourth-order valence-electron chi connectivity index (χ4n) is 1.73. The normalized spacial score (nSPS) is 23.7. The van der Waals surface area contributed by atoms with Crippen LogP contribution in [0.4, 0.5) is 0 Å². The zero-order valence-electron chi connectivity index (χ0n) is 8.57. The van der Waals surface area contributed by atoms with Gasteiger partial charge in [0.05, 0.1) is 0 Å². The van der Waals surface area contributed by atoms with E-state index in [1.807, 2.05) is 0 Å². The third kappa shape index (κ3) is 2.83. The van der Waals surface area contributed by atoms with E-state index in [0.29, 0.717) is 13.0 Å². The van der Waals surface area contributed by atoms with Gasteiger partial charge in [-0.1, -0.05) is 6.42 Å². The average Bonchev–Trinajstić information content (AvgIpc) is 2.28. The number of alkyl halides is 1. The molecule has 0 radical (unpaired) electrons. The summed E-state index contributed by atoms with van der Waals surface area (Å²) >= 11 is 5.38. The Labute approximate surface area is 94.8 Å². The van der Waals surface area contributed by atoms with Crippen LogP contribution >= 0.6 is 11.6 Å². The minimum absolute atomic E-state index is 0.261. The van der Waals surface area contributed by atoms with Gasteiger partial charge in [0.1, 0.15) is 11.3 Å². The third-order valence-corrected chi connectivity index (χ3v) is 4.75. The molecular formula is C8H15ClN2O3S. The quantitative estimate of drug-likeness (QED) is 0.727. The van der Waals surface area contributed by atoms with Gasteiger partial charge >= 0.3 is 0 Å². The van der Waals surface area contributed by atoms with Crippen molar-refractivity contribution in [2.45, 2.75) is 25.3 Å². The molecule has 0 aromatic heterocycles. The number of nitrogens with one attached hydrogen (secondary N) is 1. The summed E-state index contributed by atoms with van der Waals surface area (Å²) in [5.74, 6) is -0.261. The van der Waals surface area contributed by atoms with Crippen LogP contribution in [0.1, 0.15) is 19.3 Å². The van der Waals surface area contributed by atoms with Crippen LogP contribution in [-0.2, 0) is 14.8 Å².